The van der Waals surface area contributed by atoms with Crippen LogP contribution >= 0.6 is 10.7 Å². The van der Waals surface area contributed by atoms with Gasteiger partial charge < -0.3 is 4.74 Å². The van der Waals surface area contributed by atoms with Gasteiger partial charge in [-0.2, -0.15) is 0 Å². The number of rotatable bonds is 5. The quantitative estimate of drug-likeness (QED) is 0.595. The molecule has 84 valence electrons. The maximum atomic E-state index is 11.2. The first kappa shape index (κ1) is 12.3. The molecule has 0 heterocycles. The van der Waals surface area contributed by atoms with E-state index in [0.717, 1.165) is 12.8 Å². The zero-order valence-electron chi connectivity index (χ0n) is 8.44. The molecule has 1 rings (SSSR count). The summed E-state index contributed by atoms with van der Waals surface area (Å²) < 4.78 is 27.7. The second kappa shape index (κ2) is 5.37. The van der Waals surface area contributed by atoms with Crippen molar-refractivity contribution in [3.05, 3.63) is 24.3 Å². The molecule has 5 heteroatoms. The van der Waals surface area contributed by atoms with Gasteiger partial charge in [0.2, 0.25) is 0 Å². The van der Waals surface area contributed by atoms with Gasteiger partial charge in [-0.1, -0.05) is 25.5 Å². The Morgan fingerprint density at radius 2 is 2.00 bits per heavy atom. The predicted octanol–water partition coefficient (Wildman–Crippen LogP) is 2.79. The number of unbranched alkanes of at least 4 members (excludes halogenated alkanes) is 1. The van der Waals surface area contributed by atoms with Gasteiger partial charge in [0.25, 0.3) is 9.05 Å². The van der Waals surface area contributed by atoms with E-state index in [9.17, 15) is 8.42 Å². The number of halogens is 1. The number of para-hydroxylation sites is 1. The third-order valence-corrected chi connectivity index (χ3v) is 3.23. The van der Waals surface area contributed by atoms with E-state index < -0.39 is 9.05 Å². The topological polar surface area (TPSA) is 43.4 Å². The third kappa shape index (κ3) is 3.72. The lowest BCUT2D eigenvalue weighted by atomic mass is 10.3. The predicted molar refractivity (Wildman–Crippen MR) is 59.9 cm³/mol. The summed E-state index contributed by atoms with van der Waals surface area (Å²) in [5.74, 6) is 0.320. The molecule has 0 aliphatic carbocycles. The molecule has 0 saturated carbocycles. The molecule has 0 aliphatic rings. The van der Waals surface area contributed by atoms with Crippen LogP contribution in [0.2, 0.25) is 0 Å². The maximum Gasteiger partial charge on any atom is 0.264 e. The lowest BCUT2D eigenvalue weighted by Gasteiger charge is -2.08. The number of hydrogen-bond acceptors (Lipinski definition) is 3. The zero-order chi connectivity index (χ0) is 11.3. The average molecular weight is 249 g/mol. The minimum Gasteiger partial charge on any atom is -0.492 e. The molecule has 3 nitrogen and oxygen atoms in total. The van der Waals surface area contributed by atoms with E-state index >= 15 is 0 Å². The molecular weight excluding hydrogens is 236 g/mol. The Bertz CT molecular complexity index is 414. The van der Waals surface area contributed by atoms with Crippen molar-refractivity contribution in [2.75, 3.05) is 6.61 Å². The summed E-state index contributed by atoms with van der Waals surface area (Å²) in [5.41, 5.74) is 0. The van der Waals surface area contributed by atoms with Crippen molar-refractivity contribution in [2.24, 2.45) is 0 Å². The van der Waals surface area contributed by atoms with Crippen LogP contribution in [0.3, 0.4) is 0 Å². The summed E-state index contributed by atoms with van der Waals surface area (Å²) in [7, 11) is 1.55. The van der Waals surface area contributed by atoms with E-state index in [1.807, 2.05) is 6.92 Å². The molecule has 0 atom stereocenters. The Morgan fingerprint density at radius 1 is 1.33 bits per heavy atom. The van der Waals surface area contributed by atoms with Crippen LogP contribution < -0.4 is 4.74 Å². The molecule has 0 bridgehead atoms. The zero-order valence-corrected chi connectivity index (χ0v) is 10.0. The van der Waals surface area contributed by atoms with Crippen LogP contribution in [0.25, 0.3) is 0 Å². The summed E-state index contributed by atoms with van der Waals surface area (Å²) in [5, 5.41) is 0. The van der Waals surface area contributed by atoms with Crippen LogP contribution in [0.1, 0.15) is 19.8 Å². The van der Waals surface area contributed by atoms with Crippen LogP contribution in [-0.2, 0) is 9.05 Å². The first-order chi connectivity index (χ1) is 7.05. The van der Waals surface area contributed by atoms with Crippen molar-refractivity contribution >= 4 is 19.7 Å². The van der Waals surface area contributed by atoms with Crippen molar-refractivity contribution in [1.82, 2.24) is 0 Å². The van der Waals surface area contributed by atoms with Gasteiger partial charge in [0.1, 0.15) is 10.6 Å². The first-order valence-corrected chi connectivity index (χ1v) is 7.03. The van der Waals surface area contributed by atoms with Crippen LogP contribution in [0, 0.1) is 0 Å². The van der Waals surface area contributed by atoms with Crippen LogP contribution in [0.4, 0.5) is 0 Å². The highest BCUT2D eigenvalue weighted by Crippen LogP contribution is 2.26. The first-order valence-electron chi connectivity index (χ1n) is 4.72. The monoisotopic (exact) mass is 248 g/mol. The molecule has 1 aromatic rings. The van der Waals surface area contributed by atoms with Crippen molar-refractivity contribution in [3.63, 3.8) is 0 Å². The molecule has 0 aromatic heterocycles. The fraction of sp³-hybridized carbons (Fsp3) is 0.400. The van der Waals surface area contributed by atoms with Crippen LogP contribution in [-0.4, -0.2) is 15.0 Å². The Hall–Kier alpha value is -0.740. The van der Waals surface area contributed by atoms with Crippen molar-refractivity contribution in [1.29, 1.82) is 0 Å². The largest absolute Gasteiger partial charge is 0.492 e. The molecule has 0 fully saturated rings. The summed E-state index contributed by atoms with van der Waals surface area (Å²) in [4.78, 5) is 0.0303. The lowest BCUT2D eigenvalue weighted by Crippen LogP contribution is -2.01. The number of ether oxygens (including phenoxy) is 1. The van der Waals surface area contributed by atoms with Crippen molar-refractivity contribution in [3.8, 4) is 5.75 Å². The van der Waals surface area contributed by atoms with Gasteiger partial charge >= 0.3 is 0 Å². The van der Waals surface area contributed by atoms with E-state index in [0.29, 0.717) is 12.4 Å². The van der Waals surface area contributed by atoms with E-state index in [2.05, 4.69) is 0 Å². The highest BCUT2D eigenvalue weighted by atomic mass is 35.7. The molecule has 1 aromatic carbocycles. The molecule has 0 amide bonds. The minimum absolute atomic E-state index is 0.0303. The highest BCUT2D eigenvalue weighted by Gasteiger charge is 2.15. The van der Waals surface area contributed by atoms with Crippen LogP contribution in [0.5, 0.6) is 5.75 Å². The third-order valence-electron chi connectivity index (χ3n) is 1.87. The standard InChI is InChI=1S/C10H13ClO3S/c1-2-3-8-14-9-6-4-5-7-10(9)15(11,12)13/h4-7H,2-3,8H2,1H3. The number of hydrogen-bond donors (Lipinski definition) is 0. The summed E-state index contributed by atoms with van der Waals surface area (Å²) in [6, 6.07) is 6.36. The Morgan fingerprint density at radius 3 is 2.60 bits per heavy atom. The highest BCUT2D eigenvalue weighted by molar-refractivity contribution is 8.13. The number of benzene rings is 1. The van der Waals surface area contributed by atoms with E-state index in [4.69, 9.17) is 15.4 Å². The smallest absolute Gasteiger partial charge is 0.264 e. The van der Waals surface area contributed by atoms with Crippen molar-refractivity contribution in [2.45, 2.75) is 24.7 Å². The van der Waals surface area contributed by atoms with Gasteiger partial charge in [-0.15, -0.1) is 0 Å². The molecule has 0 N–H and O–H groups in total. The van der Waals surface area contributed by atoms with E-state index in [1.165, 1.54) is 6.07 Å². The van der Waals surface area contributed by atoms with Crippen LogP contribution in [0.15, 0.2) is 29.2 Å². The van der Waals surface area contributed by atoms with Gasteiger partial charge in [-0.25, -0.2) is 8.42 Å². The Labute approximate surface area is 94.4 Å². The van der Waals surface area contributed by atoms with Gasteiger partial charge in [-0.05, 0) is 18.6 Å². The second-order valence-electron chi connectivity index (χ2n) is 3.09. The Kier molecular flexibility index (Phi) is 4.42. The lowest BCUT2D eigenvalue weighted by molar-refractivity contribution is 0.302. The van der Waals surface area contributed by atoms with Gasteiger partial charge in [-0.3, -0.25) is 0 Å². The second-order valence-corrected chi connectivity index (χ2v) is 5.62. The van der Waals surface area contributed by atoms with Gasteiger partial charge in [0.15, 0.2) is 0 Å². The normalized spacial score (nSPS) is 11.3. The summed E-state index contributed by atoms with van der Waals surface area (Å²) in [6.07, 6.45) is 1.88. The molecule has 0 saturated heterocycles. The van der Waals surface area contributed by atoms with E-state index in [-0.39, 0.29) is 4.90 Å². The molecule has 0 unspecified atom stereocenters. The fourth-order valence-electron chi connectivity index (χ4n) is 1.10. The molecule has 0 spiro atoms. The van der Waals surface area contributed by atoms with Gasteiger partial charge in [0, 0.05) is 10.7 Å². The molecular formula is C10H13ClO3S. The minimum atomic E-state index is -3.72. The maximum absolute atomic E-state index is 11.2. The van der Waals surface area contributed by atoms with Crippen molar-refractivity contribution < 1.29 is 13.2 Å². The molecule has 0 aliphatic heterocycles. The summed E-state index contributed by atoms with van der Waals surface area (Å²) >= 11 is 0. The molecule has 0 radical (unpaired) electrons. The molecule has 15 heavy (non-hydrogen) atoms. The van der Waals surface area contributed by atoms with E-state index in [1.54, 1.807) is 18.2 Å². The SMILES string of the molecule is CCCCOc1ccccc1S(=O)(=O)Cl. The Balaban J connectivity index is 2.88. The average Bonchev–Trinajstić information content (AvgIpc) is 2.17. The summed E-state index contributed by atoms with van der Waals surface area (Å²) in [6.45, 7) is 2.54. The van der Waals surface area contributed by atoms with Gasteiger partial charge in [0.05, 0.1) is 6.61 Å². The fourth-order valence-corrected chi connectivity index (χ4v) is 2.09.